The molecule has 2 aliphatic rings. The van der Waals surface area contributed by atoms with Gasteiger partial charge in [-0.1, -0.05) is 63.9 Å². The number of amides is 5. The highest BCUT2D eigenvalue weighted by atomic mass is 32.1. The molecule has 9 atom stereocenters. The number of hydrogen-bond acceptors (Lipinski definition) is 10. The average Bonchev–Trinajstić information content (AvgIpc) is 3.67. The van der Waals surface area contributed by atoms with Crippen molar-refractivity contribution in [2.24, 2.45) is 11.7 Å². The Morgan fingerprint density at radius 1 is 0.898 bits per heavy atom. The zero-order valence-electron chi connectivity index (χ0n) is 28.2. The molecule has 3 rings (SSSR count). The van der Waals surface area contributed by atoms with Gasteiger partial charge in [0.2, 0.25) is 29.5 Å². The fraction of sp³-hybridized carbons (Fsp3) is 0.636. The van der Waals surface area contributed by atoms with E-state index in [-0.39, 0.29) is 44.5 Å². The van der Waals surface area contributed by atoms with Crippen LogP contribution in [-0.2, 0) is 35.2 Å². The minimum Gasteiger partial charge on any atom is -0.480 e. The molecule has 2 saturated heterocycles. The first kappa shape index (κ1) is 39.7. The predicted molar refractivity (Wildman–Crippen MR) is 182 cm³/mol. The van der Waals surface area contributed by atoms with E-state index in [9.17, 15) is 44.1 Å². The molecule has 272 valence electrons. The smallest absolute Gasteiger partial charge is 0.327 e. The number of aliphatic carboxylic acids is 1. The van der Waals surface area contributed by atoms with Crippen LogP contribution < -0.4 is 21.7 Å². The molecular weight excluding hydrogens is 656 g/mol. The number of hydrogen-bond donors (Lipinski definition) is 8. The van der Waals surface area contributed by atoms with Gasteiger partial charge in [0.15, 0.2) is 0 Å². The van der Waals surface area contributed by atoms with Crippen molar-refractivity contribution in [3.05, 3.63) is 35.9 Å². The number of nitrogens with one attached hydrogen (secondary N) is 3. The lowest BCUT2D eigenvalue weighted by Gasteiger charge is -2.33. The first-order chi connectivity index (χ1) is 23.2. The predicted octanol–water partition coefficient (Wildman–Crippen LogP) is -1.20. The minimum atomic E-state index is -1.28. The molecule has 1 aromatic carbocycles. The van der Waals surface area contributed by atoms with Gasteiger partial charge in [0.05, 0.1) is 18.2 Å². The monoisotopic (exact) mass is 706 g/mol. The highest BCUT2D eigenvalue weighted by molar-refractivity contribution is 7.80. The van der Waals surface area contributed by atoms with E-state index in [1.54, 1.807) is 13.8 Å². The Hall–Kier alpha value is -3.73. The number of aliphatic hydroxyl groups excluding tert-OH is 2. The highest BCUT2D eigenvalue weighted by Crippen LogP contribution is 2.27. The molecule has 2 heterocycles. The van der Waals surface area contributed by atoms with Crippen LogP contribution in [0.1, 0.15) is 58.4 Å². The molecular formula is C33H50N6O9S. The lowest BCUT2D eigenvalue weighted by Crippen LogP contribution is -2.60. The average molecular weight is 707 g/mol. The van der Waals surface area contributed by atoms with Crippen molar-refractivity contribution in [2.75, 3.05) is 18.8 Å². The number of likely N-dealkylation sites (tertiary alicyclic amines) is 2. The SMILES string of the molecule is CCC[C@H](NC(=O)[C@@H](NC(=O)[C@@H]1C[C@@H](O)CN1C(=O)[C@@H]1C[C@@H](O)CN1C(=O)[C@@H](N)Cc1ccccc1)[C@@H](C)CC)C(=O)N[C@@H](CS)C(=O)O. The van der Waals surface area contributed by atoms with Gasteiger partial charge in [-0.3, -0.25) is 24.0 Å². The fourth-order valence-electron chi connectivity index (χ4n) is 6.19. The van der Waals surface area contributed by atoms with E-state index >= 15 is 0 Å². The van der Waals surface area contributed by atoms with E-state index in [0.29, 0.717) is 12.8 Å². The lowest BCUT2D eigenvalue weighted by molar-refractivity contribution is -0.147. The summed E-state index contributed by atoms with van der Waals surface area (Å²) in [5, 5.41) is 38.1. The Morgan fingerprint density at radius 2 is 1.49 bits per heavy atom. The van der Waals surface area contributed by atoms with E-state index in [1.165, 1.54) is 9.80 Å². The lowest BCUT2D eigenvalue weighted by atomic mass is 9.97. The first-order valence-electron chi connectivity index (χ1n) is 16.7. The maximum atomic E-state index is 13.9. The molecule has 16 heteroatoms. The zero-order chi connectivity index (χ0) is 36.4. The normalized spacial score (nSPS) is 23.6. The summed E-state index contributed by atoms with van der Waals surface area (Å²) in [5.74, 6) is -5.09. The van der Waals surface area contributed by atoms with Crippen LogP contribution in [0.15, 0.2) is 30.3 Å². The van der Waals surface area contributed by atoms with Crippen molar-refractivity contribution in [1.29, 1.82) is 0 Å². The molecule has 2 fully saturated rings. The van der Waals surface area contributed by atoms with Crippen LogP contribution in [0.3, 0.4) is 0 Å². The van der Waals surface area contributed by atoms with Crippen LogP contribution in [0.4, 0.5) is 0 Å². The number of carboxylic acid groups (broad SMARTS) is 1. The van der Waals surface area contributed by atoms with Gasteiger partial charge in [-0.25, -0.2) is 4.79 Å². The van der Waals surface area contributed by atoms with E-state index < -0.39 is 89.9 Å². The summed E-state index contributed by atoms with van der Waals surface area (Å²) < 4.78 is 0. The Balaban J connectivity index is 1.76. The van der Waals surface area contributed by atoms with E-state index in [4.69, 9.17) is 5.73 Å². The summed E-state index contributed by atoms with van der Waals surface area (Å²) >= 11 is 3.96. The number of thiol groups is 1. The standard InChI is InChI=1S/C33H50N6O9S/c1-4-9-23(28(42)36-24(17-49)33(47)48)35-30(44)27(18(3)5-2)37-29(43)25-13-20(40)15-38(25)32(46)26-14-21(41)16-39(26)31(45)22(34)12-19-10-7-6-8-11-19/h6-8,10-11,18,20-27,40-41,49H,4-5,9,12-17,34H2,1-3H3,(H,35,44)(H,36,42)(H,37,43)(H,47,48)/t18-,20+,21+,22-,23-,24-,25-,26-,27-/m0/s1. The van der Waals surface area contributed by atoms with E-state index in [1.807, 2.05) is 37.3 Å². The summed E-state index contributed by atoms with van der Waals surface area (Å²) in [7, 11) is 0. The molecule has 0 aromatic heterocycles. The number of nitrogens with two attached hydrogens (primary N) is 1. The van der Waals surface area contributed by atoms with Gasteiger partial charge in [0, 0.05) is 31.7 Å². The Morgan fingerprint density at radius 3 is 2.06 bits per heavy atom. The molecule has 5 amide bonds. The van der Waals surface area contributed by atoms with Gasteiger partial charge in [0.1, 0.15) is 30.2 Å². The number of β-amino-alcohol motifs (C(OH)–C–C–N with tert-alkyl or cyclic N) is 2. The quantitative estimate of drug-likeness (QED) is 0.0957. The minimum absolute atomic E-state index is 0.0711. The molecule has 8 N–H and O–H groups in total. The number of rotatable bonds is 16. The molecule has 0 radical (unpaired) electrons. The Bertz CT molecular complexity index is 1340. The molecule has 15 nitrogen and oxygen atoms in total. The van der Waals surface area contributed by atoms with Crippen molar-refractivity contribution in [1.82, 2.24) is 25.8 Å². The molecule has 1 aromatic rings. The Labute approximate surface area is 291 Å². The molecule has 49 heavy (non-hydrogen) atoms. The summed E-state index contributed by atoms with van der Waals surface area (Å²) in [6.45, 7) is 5.02. The fourth-order valence-corrected chi connectivity index (χ4v) is 6.43. The summed E-state index contributed by atoms with van der Waals surface area (Å²) in [6.07, 6.45) is -0.879. The third-order valence-corrected chi connectivity index (χ3v) is 9.49. The van der Waals surface area contributed by atoms with Gasteiger partial charge in [-0.05, 0) is 24.3 Å². The third-order valence-electron chi connectivity index (χ3n) is 9.13. The number of nitrogens with zero attached hydrogens (tertiary/aromatic N) is 2. The van der Waals surface area contributed by atoms with Crippen LogP contribution in [0.5, 0.6) is 0 Å². The van der Waals surface area contributed by atoms with Gasteiger partial charge < -0.3 is 46.8 Å². The van der Waals surface area contributed by atoms with Gasteiger partial charge in [-0.15, -0.1) is 0 Å². The largest absolute Gasteiger partial charge is 0.480 e. The number of carboxylic acids is 1. The van der Waals surface area contributed by atoms with Crippen molar-refractivity contribution in [3.8, 4) is 0 Å². The summed E-state index contributed by atoms with van der Waals surface area (Å²) in [5.41, 5.74) is 7.06. The van der Waals surface area contributed by atoms with Gasteiger partial charge >= 0.3 is 5.97 Å². The second-order valence-electron chi connectivity index (χ2n) is 12.9. The number of benzene rings is 1. The van der Waals surface area contributed by atoms with Crippen LogP contribution in [0, 0.1) is 5.92 Å². The van der Waals surface area contributed by atoms with Crippen molar-refractivity contribution < 1.29 is 44.1 Å². The summed E-state index contributed by atoms with van der Waals surface area (Å²) in [4.78, 5) is 81.4. The molecule has 2 aliphatic heterocycles. The molecule has 0 spiro atoms. The maximum absolute atomic E-state index is 13.9. The molecule has 0 aliphatic carbocycles. The number of aliphatic hydroxyl groups is 2. The van der Waals surface area contributed by atoms with E-state index in [2.05, 4.69) is 28.6 Å². The van der Waals surface area contributed by atoms with Crippen LogP contribution >= 0.6 is 12.6 Å². The third kappa shape index (κ3) is 10.4. The second kappa shape index (κ2) is 18.3. The van der Waals surface area contributed by atoms with Crippen LogP contribution in [0.25, 0.3) is 0 Å². The van der Waals surface area contributed by atoms with Crippen molar-refractivity contribution in [2.45, 2.75) is 108 Å². The summed E-state index contributed by atoms with van der Waals surface area (Å²) in [6, 6.07) is 2.37. The molecule has 0 bridgehead atoms. The number of carbonyl (C=O) groups is 6. The molecule has 0 unspecified atom stereocenters. The van der Waals surface area contributed by atoms with Gasteiger partial charge in [-0.2, -0.15) is 12.6 Å². The second-order valence-corrected chi connectivity index (χ2v) is 13.3. The maximum Gasteiger partial charge on any atom is 0.327 e. The van der Waals surface area contributed by atoms with Crippen molar-refractivity contribution >= 4 is 48.1 Å². The van der Waals surface area contributed by atoms with Crippen molar-refractivity contribution in [3.63, 3.8) is 0 Å². The van der Waals surface area contributed by atoms with Gasteiger partial charge in [0.25, 0.3) is 0 Å². The molecule has 0 saturated carbocycles. The Kier molecular flexibility index (Phi) is 14.8. The number of carbonyl (C=O) groups excluding carboxylic acids is 5. The first-order valence-corrected chi connectivity index (χ1v) is 17.4. The van der Waals surface area contributed by atoms with Crippen LogP contribution in [0.2, 0.25) is 0 Å². The zero-order valence-corrected chi connectivity index (χ0v) is 29.1. The topological polar surface area (TPSA) is 232 Å². The highest BCUT2D eigenvalue weighted by Gasteiger charge is 2.47. The van der Waals surface area contributed by atoms with E-state index in [0.717, 1.165) is 5.56 Å². The van der Waals surface area contributed by atoms with Crippen LogP contribution in [-0.4, -0.2) is 128 Å².